The second kappa shape index (κ2) is 9.06. The lowest BCUT2D eigenvalue weighted by Gasteiger charge is -2.22. The van der Waals surface area contributed by atoms with Gasteiger partial charge in [-0.25, -0.2) is 0 Å². The van der Waals surface area contributed by atoms with Gasteiger partial charge in [-0.15, -0.1) is 0 Å². The lowest BCUT2D eigenvalue weighted by Crippen LogP contribution is -2.21. The van der Waals surface area contributed by atoms with E-state index >= 15 is 0 Å². The minimum Gasteiger partial charge on any atom is -0.493 e. The highest BCUT2D eigenvalue weighted by Gasteiger charge is 2.17. The minimum atomic E-state index is 0.168. The second-order valence-electron chi connectivity index (χ2n) is 6.35. The van der Waals surface area contributed by atoms with Gasteiger partial charge in [-0.05, 0) is 67.3 Å². The summed E-state index contributed by atoms with van der Waals surface area (Å²) < 4.78 is 5.78. The standard InChI is InChI=1S/C18H31NO2/c1-5-16(9-15(10-19)11-20)18-7-6-17(8-14(18)4)21-12-13(2)3/h6-8,13,15-16,20H,5,9-12,19H2,1-4H3. The molecule has 3 N–H and O–H groups in total. The molecule has 0 saturated heterocycles. The molecule has 1 aromatic carbocycles. The van der Waals surface area contributed by atoms with Crippen LogP contribution in [0.15, 0.2) is 18.2 Å². The van der Waals surface area contributed by atoms with Crippen molar-refractivity contribution in [2.24, 2.45) is 17.6 Å². The molecule has 3 nitrogen and oxygen atoms in total. The number of benzene rings is 1. The molecule has 0 fully saturated rings. The lowest BCUT2D eigenvalue weighted by molar-refractivity contribution is 0.214. The Hall–Kier alpha value is -1.06. The molecule has 3 heteroatoms. The summed E-state index contributed by atoms with van der Waals surface area (Å²) in [7, 11) is 0. The maximum absolute atomic E-state index is 9.35. The van der Waals surface area contributed by atoms with E-state index in [0.29, 0.717) is 18.4 Å². The summed E-state index contributed by atoms with van der Waals surface area (Å²) in [6, 6.07) is 6.35. The van der Waals surface area contributed by atoms with Crippen molar-refractivity contribution < 1.29 is 9.84 Å². The molecule has 0 heterocycles. The number of aryl methyl sites for hydroxylation is 1. The molecule has 2 unspecified atom stereocenters. The lowest BCUT2D eigenvalue weighted by atomic mass is 9.85. The molecule has 0 amide bonds. The van der Waals surface area contributed by atoms with Crippen LogP contribution in [0.3, 0.4) is 0 Å². The minimum absolute atomic E-state index is 0.168. The van der Waals surface area contributed by atoms with Crippen molar-refractivity contribution >= 4 is 0 Å². The van der Waals surface area contributed by atoms with Crippen LogP contribution in [0.5, 0.6) is 5.75 Å². The predicted molar refractivity (Wildman–Crippen MR) is 88.8 cm³/mol. The van der Waals surface area contributed by atoms with Gasteiger partial charge in [0, 0.05) is 6.61 Å². The Labute approximate surface area is 129 Å². The van der Waals surface area contributed by atoms with E-state index in [1.54, 1.807) is 0 Å². The largest absolute Gasteiger partial charge is 0.493 e. The highest BCUT2D eigenvalue weighted by atomic mass is 16.5. The third-order valence-corrected chi connectivity index (χ3v) is 3.97. The molecule has 1 aromatic rings. The molecule has 0 aliphatic heterocycles. The molecule has 0 saturated carbocycles. The number of rotatable bonds is 9. The van der Waals surface area contributed by atoms with Crippen LogP contribution in [0.4, 0.5) is 0 Å². The Bertz CT molecular complexity index is 414. The van der Waals surface area contributed by atoms with Crippen molar-refractivity contribution in [1.82, 2.24) is 0 Å². The summed E-state index contributed by atoms with van der Waals surface area (Å²) >= 11 is 0. The Morgan fingerprint density at radius 2 is 2.00 bits per heavy atom. The first kappa shape index (κ1) is 18.0. The number of aliphatic hydroxyl groups excluding tert-OH is 1. The normalized spacial score (nSPS) is 14.2. The second-order valence-corrected chi connectivity index (χ2v) is 6.35. The first-order valence-corrected chi connectivity index (χ1v) is 8.06. The van der Waals surface area contributed by atoms with Crippen LogP contribution in [0.25, 0.3) is 0 Å². The van der Waals surface area contributed by atoms with Crippen LogP contribution in [-0.4, -0.2) is 24.9 Å². The van der Waals surface area contributed by atoms with E-state index in [1.165, 1.54) is 11.1 Å². The smallest absolute Gasteiger partial charge is 0.119 e. The van der Waals surface area contributed by atoms with Crippen molar-refractivity contribution in [3.63, 3.8) is 0 Å². The van der Waals surface area contributed by atoms with E-state index < -0.39 is 0 Å². The maximum atomic E-state index is 9.35. The maximum Gasteiger partial charge on any atom is 0.119 e. The molecule has 2 atom stereocenters. The molecule has 21 heavy (non-hydrogen) atoms. The third-order valence-electron chi connectivity index (χ3n) is 3.97. The summed E-state index contributed by atoms with van der Waals surface area (Å²) in [5.41, 5.74) is 8.32. The van der Waals surface area contributed by atoms with Gasteiger partial charge in [0.2, 0.25) is 0 Å². The molecule has 0 aromatic heterocycles. The third kappa shape index (κ3) is 5.68. The summed E-state index contributed by atoms with van der Waals surface area (Å²) in [6.07, 6.45) is 2.00. The molecular weight excluding hydrogens is 262 g/mol. The zero-order valence-electron chi connectivity index (χ0n) is 13.9. The summed E-state index contributed by atoms with van der Waals surface area (Å²) in [6.45, 7) is 10.1. The van der Waals surface area contributed by atoms with Gasteiger partial charge in [-0.2, -0.15) is 0 Å². The molecule has 0 bridgehead atoms. The first-order chi connectivity index (χ1) is 10.0. The van der Waals surface area contributed by atoms with Gasteiger partial charge < -0.3 is 15.6 Å². The molecule has 120 valence electrons. The van der Waals surface area contributed by atoms with Gasteiger partial charge in [-0.3, -0.25) is 0 Å². The Morgan fingerprint density at radius 1 is 1.29 bits per heavy atom. The average Bonchev–Trinajstić information content (AvgIpc) is 2.47. The first-order valence-electron chi connectivity index (χ1n) is 8.06. The summed E-state index contributed by atoms with van der Waals surface area (Å²) in [4.78, 5) is 0. The van der Waals surface area contributed by atoms with Gasteiger partial charge in [0.15, 0.2) is 0 Å². The number of nitrogens with two attached hydrogens (primary N) is 1. The Balaban J connectivity index is 2.80. The summed E-state index contributed by atoms with van der Waals surface area (Å²) in [5.74, 6) is 2.11. The van der Waals surface area contributed by atoms with Gasteiger partial charge in [0.1, 0.15) is 5.75 Å². The van der Waals surface area contributed by atoms with Gasteiger partial charge in [0.25, 0.3) is 0 Å². The molecule has 0 radical (unpaired) electrons. The van der Waals surface area contributed by atoms with E-state index in [9.17, 15) is 5.11 Å². The number of aliphatic hydroxyl groups is 1. The topological polar surface area (TPSA) is 55.5 Å². The van der Waals surface area contributed by atoms with Crippen LogP contribution in [0, 0.1) is 18.8 Å². The van der Waals surface area contributed by atoms with Crippen LogP contribution in [0.1, 0.15) is 50.7 Å². The Kier molecular flexibility index (Phi) is 7.76. The molecule has 0 spiro atoms. The van der Waals surface area contributed by atoms with Crippen LogP contribution < -0.4 is 10.5 Å². The SMILES string of the molecule is CCC(CC(CN)CO)c1ccc(OCC(C)C)cc1C. The van der Waals surface area contributed by atoms with Crippen molar-refractivity contribution in [3.05, 3.63) is 29.3 Å². The highest BCUT2D eigenvalue weighted by Crippen LogP contribution is 2.31. The number of hydrogen-bond acceptors (Lipinski definition) is 3. The van der Waals surface area contributed by atoms with E-state index in [-0.39, 0.29) is 12.5 Å². The predicted octanol–water partition coefficient (Wildman–Crippen LogP) is 3.48. The van der Waals surface area contributed by atoms with Gasteiger partial charge >= 0.3 is 0 Å². The zero-order valence-corrected chi connectivity index (χ0v) is 13.9. The van der Waals surface area contributed by atoms with Crippen LogP contribution >= 0.6 is 0 Å². The molecular formula is C18H31NO2. The van der Waals surface area contributed by atoms with Crippen molar-refractivity contribution in [3.8, 4) is 5.75 Å². The van der Waals surface area contributed by atoms with Crippen molar-refractivity contribution in [1.29, 1.82) is 0 Å². The molecule has 0 aliphatic rings. The van der Waals surface area contributed by atoms with Crippen LogP contribution in [0.2, 0.25) is 0 Å². The van der Waals surface area contributed by atoms with E-state index in [4.69, 9.17) is 10.5 Å². The van der Waals surface area contributed by atoms with E-state index in [2.05, 4.69) is 45.9 Å². The fourth-order valence-electron chi connectivity index (χ4n) is 2.62. The average molecular weight is 293 g/mol. The number of hydrogen-bond donors (Lipinski definition) is 2. The van der Waals surface area contributed by atoms with E-state index in [0.717, 1.165) is 25.2 Å². The highest BCUT2D eigenvalue weighted by molar-refractivity contribution is 5.37. The van der Waals surface area contributed by atoms with Gasteiger partial charge in [-0.1, -0.05) is 26.8 Å². The fourth-order valence-corrected chi connectivity index (χ4v) is 2.62. The van der Waals surface area contributed by atoms with Gasteiger partial charge in [0.05, 0.1) is 6.61 Å². The van der Waals surface area contributed by atoms with Crippen LogP contribution in [-0.2, 0) is 0 Å². The zero-order chi connectivity index (χ0) is 15.8. The molecule has 1 rings (SSSR count). The monoisotopic (exact) mass is 293 g/mol. The van der Waals surface area contributed by atoms with E-state index in [1.807, 2.05) is 0 Å². The quantitative estimate of drug-likeness (QED) is 0.733. The molecule has 0 aliphatic carbocycles. The number of ether oxygens (including phenoxy) is 1. The van der Waals surface area contributed by atoms with Crippen molar-refractivity contribution in [2.45, 2.75) is 46.5 Å². The summed E-state index contributed by atoms with van der Waals surface area (Å²) in [5, 5.41) is 9.35. The fraction of sp³-hybridized carbons (Fsp3) is 0.667. The van der Waals surface area contributed by atoms with Crippen molar-refractivity contribution in [2.75, 3.05) is 19.8 Å². The Morgan fingerprint density at radius 3 is 2.48 bits per heavy atom.